The Morgan fingerprint density at radius 2 is 2.40 bits per heavy atom. The fourth-order valence-corrected chi connectivity index (χ4v) is 1.95. The molecule has 1 saturated heterocycles. The van der Waals surface area contributed by atoms with Crippen LogP contribution in [0.5, 0.6) is 0 Å². The monoisotopic (exact) mass is 209 g/mol. The summed E-state index contributed by atoms with van der Waals surface area (Å²) < 4.78 is 10.9. The molecule has 15 heavy (non-hydrogen) atoms. The Balaban J connectivity index is 1.65. The number of ether oxygens (including phenoxy) is 1. The zero-order valence-electron chi connectivity index (χ0n) is 9.29. The highest BCUT2D eigenvalue weighted by atomic mass is 16.5. The molecule has 0 aromatic carbocycles. The molecule has 0 amide bonds. The third-order valence-electron chi connectivity index (χ3n) is 2.78. The average molecular weight is 209 g/mol. The van der Waals surface area contributed by atoms with Crippen LogP contribution in [0, 0.1) is 12.8 Å². The van der Waals surface area contributed by atoms with Gasteiger partial charge in [-0.2, -0.15) is 0 Å². The van der Waals surface area contributed by atoms with Crippen molar-refractivity contribution >= 4 is 0 Å². The topological polar surface area (TPSA) is 34.4 Å². The molecule has 0 bridgehead atoms. The van der Waals surface area contributed by atoms with Gasteiger partial charge in [0, 0.05) is 13.2 Å². The number of nitrogens with one attached hydrogen (secondary N) is 1. The molecule has 1 fully saturated rings. The van der Waals surface area contributed by atoms with E-state index in [-0.39, 0.29) is 0 Å². The minimum atomic E-state index is 0.676. The minimum Gasteiger partial charge on any atom is -0.465 e. The van der Waals surface area contributed by atoms with Gasteiger partial charge in [0.2, 0.25) is 0 Å². The number of aryl methyl sites for hydroxylation is 1. The fourth-order valence-electron chi connectivity index (χ4n) is 1.95. The summed E-state index contributed by atoms with van der Waals surface area (Å²) in [5, 5.41) is 3.41. The average Bonchev–Trinajstić information content (AvgIpc) is 2.66. The van der Waals surface area contributed by atoms with Gasteiger partial charge in [-0.15, -0.1) is 0 Å². The fraction of sp³-hybridized carbons (Fsp3) is 0.667. The molecule has 2 heterocycles. The molecule has 84 valence electrons. The van der Waals surface area contributed by atoms with Crippen LogP contribution in [0.25, 0.3) is 0 Å². The summed E-state index contributed by atoms with van der Waals surface area (Å²) in [5.74, 6) is 2.67. The molecule has 3 nitrogen and oxygen atoms in total. The van der Waals surface area contributed by atoms with Gasteiger partial charge in [-0.05, 0) is 37.8 Å². The van der Waals surface area contributed by atoms with Crippen LogP contribution in [0.1, 0.15) is 24.4 Å². The highest BCUT2D eigenvalue weighted by molar-refractivity contribution is 5.05. The highest BCUT2D eigenvalue weighted by Crippen LogP contribution is 2.12. The summed E-state index contributed by atoms with van der Waals surface area (Å²) in [6, 6.07) is 4.03. The van der Waals surface area contributed by atoms with Crippen molar-refractivity contribution in [1.29, 1.82) is 0 Å². The number of furan rings is 1. The van der Waals surface area contributed by atoms with Gasteiger partial charge >= 0.3 is 0 Å². The lowest BCUT2D eigenvalue weighted by Gasteiger charge is -2.21. The molecule has 0 spiro atoms. The van der Waals surface area contributed by atoms with Crippen LogP contribution in [0.4, 0.5) is 0 Å². The second kappa shape index (κ2) is 5.33. The molecule has 1 aromatic heterocycles. The Kier molecular flexibility index (Phi) is 3.80. The van der Waals surface area contributed by atoms with Gasteiger partial charge < -0.3 is 14.5 Å². The normalized spacial score (nSPS) is 21.8. The summed E-state index contributed by atoms with van der Waals surface area (Å²) in [5.41, 5.74) is 0. The standard InChI is InChI=1S/C12H19NO2/c1-10-4-5-12(15-10)8-13-7-11-3-2-6-14-9-11/h4-5,11,13H,2-3,6-9H2,1H3. The number of rotatable bonds is 4. The molecule has 1 aliphatic heterocycles. The molecule has 1 N–H and O–H groups in total. The molecular weight excluding hydrogens is 190 g/mol. The van der Waals surface area contributed by atoms with E-state index < -0.39 is 0 Å². The van der Waals surface area contributed by atoms with Gasteiger partial charge in [-0.1, -0.05) is 0 Å². The quantitative estimate of drug-likeness (QED) is 0.824. The van der Waals surface area contributed by atoms with E-state index >= 15 is 0 Å². The zero-order chi connectivity index (χ0) is 10.5. The summed E-state index contributed by atoms with van der Waals surface area (Å²) in [7, 11) is 0. The first kappa shape index (κ1) is 10.7. The highest BCUT2D eigenvalue weighted by Gasteiger charge is 2.13. The number of hydrogen-bond donors (Lipinski definition) is 1. The summed E-state index contributed by atoms with van der Waals surface area (Å²) in [6.45, 7) is 5.67. The van der Waals surface area contributed by atoms with Crippen LogP contribution >= 0.6 is 0 Å². The lowest BCUT2D eigenvalue weighted by molar-refractivity contribution is 0.0546. The minimum absolute atomic E-state index is 0.676. The molecule has 1 atom stereocenters. The van der Waals surface area contributed by atoms with Gasteiger partial charge in [0.05, 0.1) is 13.2 Å². The van der Waals surface area contributed by atoms with Gasteiger partial charge in [-0.25, -0.2) is 0 Å². The Bertz CT molecular complexity index is 290. The first-order chi connectivity index (χ1) is 7.34. The van der Waals surface area contributed by atoms with E-state index in [0.29, 0.717) is 5.92 Å². The SMILES string of the molecule is Cc1ccc(CNCC2CCCOC2)o1. The van der Waals surface area contributed by atoms with Crippen molar-refractivity contribution in [2.24, 2.45) is 5.92 Å². The van der Waals surface area contributed by atoms with Crippen LogP contribution < -0.4 is 5.32 Å². The van der Waals surface area contributed by atoms with E-state index in [1.807, 2.05) is 19.1 Å². The molecule has 1 unspecified atom stereocenters. The van der Waals surface area contributed by atoms with E-state index in [1.165, 1.54) is 12.8 Å². The Hall–Kier alpha value is -0.800. The second-order valence-electron chi connectivity index (χ2n) is 4.23. The lowest BCUT2D eigenvalue weighted by Crippen LogP contribution is -2.28. The summed E-state index contributed by atoms with van der Waals surface area (Å²) in [6.07, 6.45) is 2.48. The molecule has 3 heteroatoms. The molecule has 2 rings (SSSR count). The van der Waals surface area contributed by atoms with Crippen LogP contribution in [0.3, 0.4) is 0 Å². The van der Waals surface area contributed by atoms with E-state index in [1.54, 1.807) is 0 Å². The smallest absolute Gasteiger partial charge is 0.117 e. The lowest BCUT2D eigenvalue weighted by atomic mass is 10.0. The Labute approximate surface area is 90.8 Å². The summed E-state index contributed by atoms with van der Waals surface area (Å²) in [4.78, 5) is 0. The van der Waals surface area contributed by atoms with E-state index in [9.17, 15) is 0 Å². The molecule has 0 saturated carbocycles. The predicted molar refractivity (Wildman–Crippen MR) is 58.7 cm³/mol. The third-order valence-corrected chi connectivity index (χ3v) is 2.78. The van der Waals surface area contributed by atoms with Crippen molar-refractivity contribution in [1.82, 2.24) is 5.32 Å². The van der Waals surface area contributed by atoms with Crippen molar-refractivity contribution in [3.05, 3.63) is 23.7 Å². The van der Waals surface area contributed by atoms with Crippen molar-refractivity contribution in [2.75, 3.05) is 19.8 Å². The van der Waals surface area contributed by atoms with Crippen LogP contribution in [-0.4, -0.2) is 19.8 Å². The van der Waals surface area contributed by atoms with Crippen molar-refractivity contribution in [2.45, 2.75) is 26.3 Å². The van der Waals surface area contributed by atoms with Gasteiger partial charge in [0.15, 0.2) is 0 Å². The van der Waals surface area contributed by atoms with Crippen LogP contribution in [-0.2, 0) is 11.3 Å². The molecule has 1 aromatic rings. The maximum absolute atomic E-state index is 5.48. The third kappa shape index (κ3) is 3.36. The summed E-state index contributed by atoms with van der Waals surface area (Å²) >= 11 is 0. The van der Waals surface area contributed by atoms with Gasteiger partial charge in [0.25, 0.3) is 0 Å². The maximum atomic E-state index is 5.48. The van der Waals surface area contributed by atoms with E-state index in [4.69, 9.17) is 9.15 Å². The van der Waals surface area contributed by atoms with Gasteiger partial charge in [0.1, 0.15) is 11.5 Å². The molecule has 1 aliphatic rings. The Morgan fingerprint density at radius 3 is 3.07 bits per heavy atom. The van der Waals surface area contributed by atoms with Crippen LogP contribution in [0.15, 0.2) is 16.5 Å². The largest absolute Gasteiger partial charge is 0.465 e. The zero-order valence-corrected chi connectivity index (χ0v) is 9.29. The van der Waals surface area contributed by atoms with Crippen molar-refractivity contribution in [3.8, 4) is 0 Å². The molecular formula is C12H19NO2. The first-order valence-corrected chi connectivity index (χ1v) is 5.68. The van der Waals surface area contributed by atoms with E-state index in [2.05, 4.69) is 5.32 Å². The van der Waals surface area contributed by atoms with Crippen molar-refractivity contribution in [3.63, 3.8) is 0 Å². The van der Waals surface area contributed by atoms with Crippen LogP contribution in [0.2, 0.25) is 0 Å². The molecule has 0 radical (unpaired) electrons. The Morgan fingerprint density at radius 1 is 1.47 bits per heavy atom. The van der Waals surface area contributed by atoms with Crippen molar-refractivity contribution < 1.29 is 9.15 Å². The second-order valence-corrected chi connectivity index (χ2v) is 4.23. The predicted octanol–water partition coefficient (Wildman–Crippen LogP) is 2.10. The number of hydrogen-bond acceptors (Lipinski definition) is 3. The van der Waals surface area contributed by atoms with E-state index in [0.717, 1.165) is 37.8 Å². The maximum Gasteiger partial charge on any atom is 0.117 e. The van der Waals surface area contributed by atoms with Gasteiger partial charge in [-0.3, -0.25) is 0 Å². The molecule has 0 aliphatic carbocycles. The first-order valence-electron chi connectivity index (χ1n) is 5.68.